The Bertz CT molecular complexity index is 612. The molecule has 0 spiro atoms. The van der Waals surface area contributed by atoms with Crippen LogP contribution >= 0.6 is 0 Å². The number of hydrogen-bond acceptors (Lipinski definition) is 4. The van der Waals surface area contributed by atoms with Crippen molar-refractivity contribution in [2.75, 3.05) is 23.8 Å². The van der Waals surface area contributed by atoms with Crippen LogP contribution in [0.15, 0.2) is 12.1 Å². The lowest BCUT2D eigenvalue weighted by molar-refractivity contribution is -0.121. The summed E-state index contributed by atoms with van der Waals surface area (Å²) in [7, 11) is 0. The van der Waals surface area contributed by atoms with Crippen LogP contribution in [0.25, 0.3) is 0 Å². The number of hydrogen-bond donors (Lipinski definition) is 3. The van der Waals surface area contributed by atoms with E-state index in [0.717, 1.165) is 5.56 Å². The summed E-state index contributed by atoms with van der Waals surface area (Å²) in [5.74, 6) is -1.15. The molecule has 0 saturated carbocycles. The number of ether oxygens (including phenoxy) is 1. The number of fused-ring (bicyclic) bond motifs is 1. The second-order valence-corrected chi connectivity index (χ2v) is 5.45. The summed E-state index contributed by atoms with van der Waals surface area (Å²) in [6, 6.07) is 2.76. The maximum Gasteiger partial charge on any atom is 0.247 e. The first-order valence-electron chi connectivity index (χ1n) is 6.78. The van der Waals surface area contributed by atoms with E-state index in [1.165, 1.54) is 12.1 Å². The minimum atomic E-state index is -1.13. The topological polar surface area (TPSA) is 93.5 Å². The van der Waals surface area contributed by atoms with E-state index in [9.17, 15) is 14.0 Å². The average molecular weight is 293 g/mol. The van der Waals surface area contributed by atoms with Crippen molar-refractivity contribution < 1.29 is 18.7 Å². The van der Waals surface area contributed by atoms with Crippen molar-refractivity contribution in [3.63, 3.8) is 0 Å². The highest BCUT2D eigenvalue weighted by atomic mass is 19.1. The van der Waals surface area contributed by atoms with Gasteiger partial charge in [0.2, 0.25) is 11.8 Å². The van der Waals surface area contributed by atoms with Crippen LogP contribution < -0.4 is 16.4 Å². The van der Waals surface area contributed by atoms with E-state index in [0.29, 0.717) is 31.6 Å². The molecule has 0 radical (unpaired) electrons. The van der Waals surface area contributed by atoms with Crippen LogP contribution in [0.5, 0.6) is 0 Å². The summed E-state index contributed by atoms with van der Waals surface area (Å²) in [6.07, 6.45) is 1.21. The van der Waals surface area contributed by atoms with Crippen molar-refractivity contribution in [3.8, 4) is 0 Å². The SMILES string of the molecule is NC1(C(=O)Nc2cc3c(cc2F)CCC(=O)N3)CCOC1. The molecule has 1 unspecified atom stereocenters. The minimum absolute atomic E-state index is 0.0117. The molecule has 1 atom stereocenters. The van der Waals surface area contributed by atoms with Crippen molar-refractivity contribution in [3.05, 3.63) is 23.5 Å². The Morgan fingerprint density at radius 1 is 1.43 bits per heavy atom. The van der Waals surface area contributed by atoms with Gasteiger partial charge in [-0.3, -0.25) is 9.59 Å². The average Bonchev–Trinajstić information content (AvgIpc) is 2.88. The second-order valence-electron chi connectivity index (χ2n) is 5.45. The van der Waals surface area contributed by atoms with Gasteiger partial charge in [-0.15, -0.1) is 0 Å². The minimum Gasteiger partial charge on any atom is -0.379 e. The number of rotatable bonds is 2. The molecule has 112 valence electrons. The molecule has 1 aromatic rings. The van der Waals surface area contributed by atoms with Crippen molar-refractivity contribution in [1.29, 1.82) is 0 Å². The summed E-state index contributed by atoms with van der Waals surface area (Å²) in [5, 5.41) is 5.15. The molecule has 2 aliphatic heterocycles. The molecule has 0 aromatic heterocycles. The number of amides is 2. The van der Waals surface area contributed by atoms with Gasteiger partial charge < -0.3 is 21.1 Å². The molecule has 1 aromatic carbocycles. The highest BCUT2D eigenvalue weighted by molar-refractivity contribution is 6.00. The first-order chi connectivity index (χ1) is 9.98. The zero-order valence-electron chi connectivity index (χ0n) is 11.4. The normalized spacial score (nSPS) is 24.4. The van der Waals surface area contributed by atoms with Gasteiger partial charge in [-0.2, -0.15) is 0 Å². The van der Waals surface area contributed by atoms with Crippen LogP contribution in [0.1, 0.15) is 18.4 Å². The number of aryl methyl sites for hydroxylation is 1. The molecule has 2 amide bonds. The second kappa shape index (κ2) is 5.09. The van der Waals surface area contributed by atoms with Crippen molar-refractivity contribution in [2.24, 2.45) is 5.73 Å². The predicted octanol–water partition coefficient (Wildman–Crippen LogP) is 0.767. The Kier molecular flexibility index (Phi) is 3.38. The first-order valence-corrected chi connectivity index (χ1v) is 6.78. The predicted molar refractivity (Wildman–Crippen MR) is 74.3 cm³/mol. The lowest BCUT2D eigenvalue weighted by atomic mass is 9.98. The third kappa shape index (κ3) is 2.62. The molecule has 21 heavy (non-hydrogen) atoms. The third-order valence-corrected chi connectivity index (χ3v) is 3.84. The summed E-state index contributed by atoms with van der Waals surface area (Å²) in [4.78, 5) is 23.5. The number of nitrogens with one attached hydrogen (secondary N) is 2. The molecule has 7 heteroatoms. The molecule has 6 nitrogen and oxygen atoms in total. The van der Waals surface area contributed by atoms with Crippen LogP contribution in [0.2, 0.25) is 0 Å². The van der Waals surface area contributed by atoms with Gasteiger partial charge in [-0.25, -0.2) is 4.39 Å². The molecule has 2 aliphatic rings. The smallest absolute Gasteiger partial charge is 0.247 e. The number of anilines is 2. The quantitative estimate of drug-likeness (QED) is 0.750. The number of carbonyl (C=O) groups excluding carboxylic acids is 2. The van der Waals surface area contributed by atoms with Crippen LogP contribution in [-0.4, -0.2) is 30.6 Å². The van der Waals surface area contributed by atoms with Crippen LogP contribution in [0.4, 0.5) is 15.8 Å². The van der Waals surface area contributed by atoms with Gasteiger partial charge in [-0.1, -0.05) is 0 Å². The number of benzene rings is 1. The highest BCUT2D eigenvalue weighted by Gasteiger charge is 2.38. The van der Waals surface area contributed by atoms with Gasteiger partial charge in [0.05, 0.1) is 12.3 Å². The van der Waals surface area contributed by atoms with E-state index in [4.69, 9.17) is 10.5 Å². The van der Waals surface area contributed by atoms with Gasteiger partial charge in [0.1, 0.15) is 11.4 Å². The number of carbonyl (C=O) groups is 2. The molecule has 0 aliphatic carbocycles. The lowest BCUT2D eigenvalue weighted by Gasteiger charge is -2.22. The van der Waals surface area contributed by atoms with E-state index in [-0.39, 0.29) is 18.2 Å². The van der Waals surface area contributed by atoms with Crippen LogP contribution in [0.3, 0.4) is 0 Å². The molecule has 1 saturated heterocycles. The first kappa shape index (κ1) is 14.0. The fourth-order valence-electron chi connectivity index (χ4n) is 2.50. The number of nitrogens with two attached hydrogens (primary N) is 1. The fourth-order valence-corrected chi connectivity index (χ4v) is 2.50. The van der Waals surface area contributed by atoms with E-state index in [1.807, 2.05) is 0 Å². The molecule has 4 N–H and O–H groups in total. The monoisotopic (exact) mass is 293 g/mol. The van der Waals surface area contributed by atoms with E-state index in [1.54, 1.807) is 0 Å². The van der Waals surface area contributed by atoms with E-state index < -0.39 is 17.3 Å². The third-order valence-electron chi connectivity index (χ3n) is 3.84. The van der Waals surface area contributed by atoms with Gasteiger partial charge >= 0.3 is 0 Å². The van der Waals surface area contributed by atoms with Crippen molar-refractivity contribution in [2.45, 2.75) is 24.8 Å². The van der Waals surface area contributed by atoms with Gasteiger partial charge in [0.25, 0.3) is 0 Å². The Morgan fingerprint density at radius 2 is 2.24 bits per heavy atom. The number of halogens is 1. The van der Waals surface area contributed by atoms with E-state index >= 15 is 0 Å². The van der Waals surface area contributed by atoms with Crippen LogP contribution in [0, 0.1) is 5.82 Å². The lowest BCUT2D eigenvalue weighted by Crippen LogP contribution is -2.51. The van der Waals surface area contributed by atoms with Gasteiger partial charge in [-0.05, 0) is 30.5 Å². The Balaban J connectivity index is 1.84. The molecular weight excluding hydrogens is 277 g/mol. The molecule has 3 rings (SSSR count). The zero-order valence-corrected chi connectivity index (χ0v) is 11.4. The van der Waals surface area contributed by atoms with Crippen molar-refractivity contribution in [1.82, 2.24) is 0 Å². The molecule has 0 bridgehead atoms. The summed E-state index contributed by atoms with van der Waals surface area (Å²) < 4.78 is 19.2. The fraction of sp³-hybridized carbons (Fsp3) is 0.429. The molecule has 1 fully saturated rings. The van der Waals surface area contributed by atoms with Gasteiger partial charge in [0, 0.05) is 18.7 Å². The van der Waals surface area contributed by atoms with Crippen LogP contribution in [-0.2, 0) is 20.7 Å². The highest BCUT2D eigenvalue weighted by Crippen LogP contribution is 2.29. The summed E-state index contributed by atoms with van der Waals surface area (Å²) in [6.45, 7) is 0.523. The molecule has 2 heterocycles. The zero-order chi connectivity index (χ0) is 15.0. The van der Waals surface area contributed by atoms with Gasteiger partial charge in [0.15, 0.2) is 0 Å². The Morgan fingerprint density at radius 3 is 2.95 bits per heavy atom. The Labute approximate surface area is 120 Å². The van der Waals surface area contributed by atoms with Crippen molar-refractivity contribution >= 4 is 23.2 Å². The standard InChI is InChI=1S/C14H16FN3O3/c15-9-5-8-1-2-12(19)17-10(8)6-11(9)18-13(20)14(16)3-4-21-7-14/h5-6H,1-4,7,16H2,(H,17,19)(H,18,20). The maximum atomic E-state index is 14.0. The summed E-state index contributed by atoms with van der Waals surface area (Å²) in [5.41, 5.74) is 6.05. The van der Waals surface area contributed by atoms with E-state index in [2.05, 4.69) is 10.6 Å². The molecular formula is C14H16FN3O3. The maximum absolute atomic E-state index is 14.0. The largest absolute Gasteiger partial charge is 0.379 e. The summed E-state index contributed by atoms with van der Waals surface area (Å²) >= 11 is 0. The Hall–Kier alpha value is -1.99.